The van der Waals surface area contributed by atoms with Gasteiger partial charge in [-0.3, -0.25) is 4.79 Å². The monoisotopic (exact) mass is 264 g/mol. The second-order valence-electron chi connectivity index (χ2n) is 4.51. The number of hydrogen-bond donors (Lipinski definition) is 2. The van der Waals surface area contributed by atoms with Gasteiger partial charge in [-0.15, -0.1) is 0 Å². The molecule has 2 rings (SSSR count). The van der Waals surface area contributed by atoms with Gasteiger partial charge in [0.15, 0.2) is 0 Å². The van der Waals surface area contributed by atoms with Gasteiger partial charge in [0.05, 0.1) is 12.6 Å². The summed E-state index contributed by atoms with van der Waals surface area (Å²) in [5.41, 5.74) is 0.758. The average molecular weight is 264 g/mol. The van der Waals surface area contributed by atoms with Gasteiger partial charge in [0, 0.05) is 18.9 Å². The minimum Gasteiger partial charge on any atom is -0.491 e. The topological polar surface area (TPSA) is 59.6 Å². The fraction of sp³-hybridized carbons (Fsp3) is 0.500. The molecule has 0 aliphatic carbocycles. The highest BCUT2D eigenvalue weighted by molar-refractivity contribution is 5.95. The van der Waals surface area contributed by atoms with Crippen molar-refractivity contribution in [3.05, 3.63) is 24.3 Å². The lowest BCUT2D eigenvalue weighted by atomic mass is 10.2. The van der Waals surface area contributed by atoms with Crippen molar-refractivity contribution in [1.82, 2.24) is 5.32 Å². The minimum absolute atomic E-state index is 0.0199. The number of carbonyl (C=O) groups is 1. The maximum atomic E-state index is 12.0. The van der Waals surface area contributed by atoms with E-state index in [1.54, 1.807) is 7.11 Å². The van der Waals surface area contributed by atoms with E-state index in [9.17, 15) is 4.79 Å². The molecular weight excluding hydrogens is 244 g/mol. The molecule has 1 saturated heterocycles. The molecule has 0 aromatic heterocycles. The predicted octanol–water partition coefficient (Wildman–Crippen LogP) is 1.40. The van der Waals surface area contributed by atoms with Crippen LogP contribution in [0.15, 0.2) is 24.3 Å². The van der Waals surface area contributed by atoms with Crippen molar-refractivity contribution in [3.8, 4) is 5.75 Å². The van der Waals surface area contributed by atoms with Gasteiger partial charge in [0.2, 0.25) is 5.91 Å². The number of hydrogen-bond acceptors (Lipinski definition) is 4. The smallest absolute Gasteiger partial charge is 0.241 e. The van der Waals surface area contributed by atoms with E-state index < -0.39 is 0 Å². The third-order valence-electron chi connectivity index (χ3n) is 3.03. The van der Waals surface area contributed by atoms with Crippen molar-refractivity contribution in [2.45, 2.75) is 18.9 Å². The van der Waals surface area contributed by atoms with Crippen molar-refractivity contribution in [2.24, 2.45) is 0 Å². The molecule has 1 heterocycles. The Balaban J connectivity index is 1.88. The lowest BCUT2D eigenvalue weighted by Gasteiger charge is -2.12. The molecule has 1 aromatic rings. The van der Waals surface area contributed by atoms with Crippen LogP contribution in [0.3, 0.4) is 0 Å². The summed E-state index contributed by atoms with van der Waals surface area (Å²) in [4.78, 5) is 12.0. The molecule has 1 fully saturated rings. The van der Waals surface area contributed by atoms with Crippen LogP contribution in [-0.4, -0.2) is 38.8 Å². The fourth-order valence-corrected chi connectivity index (χ4v) is 2.04. The SMILES string of the molecule is COCCOc1cccc(NC(=O)[C@H]2CCCN2)c1. The van der Waals surface area contributed by atoms with Gasteiger partial charge in [0.25, 0.3) is 0 Å². The summed E-state index contributed by atoms with van der Waals surface area (Å²) in [5.74, 6) is 0.751. The number of anilines is 1. The van der Waals surface area contributed by atoms with Gasteiger partial charge in [-0.25, -0.2) is 0 Å². The van der Waals surface area contributed by atoms with E-state index in [2.05, 4.69) is 10.6 Å². The Labute approximate surface area is 113 Å². The molecule has 0 unspecified atom stereocenters. The third-order valence-corrected chi connectivity index (χ3v) is 3.03. The molecule has 19 heavy (non-hydrogen) atoms. The number of carbonyl (C=O) groups excluding carboxylic acids is 1. The molecule has 1 atom stereocenters. The molecule has 0 bridgehead atoms. The zero-order valence-corrected chi connectivity index (χ0v) is 11.1. The lowest BCUT2D eigenvalue weighted by Crippen LogP contribution is -2.35. The van der Waals surface area contributed by atoms with Crippen LogP contribution in [0, 0.1) is 0 Å². The molecule has 5 nitrogen and oxygen atoms in total. The van der Waals surface area contributed by atoms with E-state index in [1.807, 2.05) is 24.3 Å². The van der Waals surface area contributed by atoms with Crippen LogP contribution in [0.2, 0.25) is 0 Å². The zero-order valence-electron chi connectivity index (χ0n) is 11.1. The molecule has 1 aromatic carbocycles. The van der Waals surface area contributed by atoms with Crippen molar-refractivity contribution in [1.29, 1.82) is 0 Å². The molecular formula is C14H20N2O3. The van der Waals surface area contributed by atoms with Crippen LogP contribution in [-0.2, 0) is 9.53 Å². The molecule has 104 valence electrons. The van der Waals surface area contributed by atoms with Crippen LogP contribution < -0.4 is 15.4 Å². The molecule has 2 N–H and O–H groups in total. The van der Waals surface area contributed by atoms with Crippen LogP contribution >= 0.6 is 0 Å². The van der Waals surface area contributed by atoms with Gasteiger partial charge in [-0.2, -0.15) is 0 Å². The van der Waals surface area contributed by atoms with Gasteiger partial charge >= 0.3 is 0 Å². The summed E-state index contributed by atoms with van der Waals surface area (Å²) in [6, 6.07) is 7.33. The minimum atomic E-state index is -0.0712. The van der Waals surface area contributed by atoms with Crippen LogP contribution in [0.5, 0.6) is 5.75 Å². The highest BCUT2D eigenvalue weighted by Gasteiger charge is 2.21. The van der Waals surface area contributed by atoms with E-state index >= 15 is 0 Å². The number of rotatable bonds is 6. The number of benzene rings is 1. The van der Waals surface area contributed by atoms with E-state index in [-0.39, 0.29) is 11.9 Å². The summed E-state index contributed by atoms with van der Waals surface area (Å²) in [6.07, 6.45) is 1.95. The Morgan fingerprint density at radius 3 is 3.11 bits per heavy atom. The zero-order chi connectivity index (χ0) is 13.5. The molecule has 1 aliphatic heterocycles. The van der Waals surface area contributed by atoms with E-state index in [0.717, 1.165) is 30.8 Å². The first kappa shape index (κ1) is 13.8. The average Bonchev–Trinajstić information content (AvgIpc) is 2.93. The van der Waals surface area contributed by atoms with E-state index in [0.29, 0.717) is 13.2 Å². The van der Waals surface area contributed by atoms with E-state index in [4.69, 9.17) is 9.47 Å². The first-order valence-corrected chi connectivity index (χ1v) is 6.55. The maximum absolute atomic E-state index is 12.0. The number of ether oxygens (including phenoxy) is 2. The van der Waals surface area contributed by atoms with Gasteiger partial charge in [-0.05, 0) is 31.5 Å². The van der Waals surface area contributed by atoms with Gasteiger partial charge in [0.1, 0.15) is 12.4 Å². The molecule has 5 heteroatoms. The third kappa shape index (κ3) is 4.22. The Morgan fingerprint density at radius 1 is 1.47 bits per heavy atom. The van der Waals surface area contributed by atoms with Gasteiger partial charge < -0.3 is 20.1 Å². The number of methoxy groups -OCH3 is 1. The summed E-state index contributed by atoms with van der Waals surface area (Å²) in [5, 5.41) is 6.08. The maximum Gasteiger partial charge on any atom is 0.241 e. The first-order chi connectivity index (χ1) is 9.29. The highest BCUT2D eigenvalue weighted by atomic mass is 16.5. The fourth-order valence-electron chi connectivity index (χ4n) is 2.04. The van der Waals surface area contributed by atoms with E-state index in [1.165, 1.54) is 0 Å². The molecule has 0 spiro atoms. The standard InChI is InChI=1S/C14H20N2O3/c1-18-8-9-19-12-5-2-4-11(10-12)16-14(17)13-6-3-7-15-13/h2,4-5,10,13,15H,3,6-9H2,1H3,(H,16,17)/t13-/m1/s1. The van der Waals surface area contributed by atoms with Crippen molar-refractivity contribution >= 4 is 11.6 Å². The Bertz CT molecular complexity index is 417. The molecule has 1 aliphatic rings. The second kappa shape index (κ2) is 7.11. The normalized spacial score (nSPS) is 18.3. The summed E-state index contributed by atoms with van der Waals surface area (Å²) < 4.78 is 10.4. The highest BCUT2D eigenvalue weighted by Crippen LogP contribution is 2.18. The van der Waals surface area contributed by atoms with Crippen LogP contribution in [0.4, 0.5) is 5.69 Å². The second-order valence-corrected chi connectivity index (χ2v) is 4.51. The van der Waals surface area contributed by atoms with Crippen molar-refractivity contribution < 1.29 is 14.3 Å². The Morgan fingerprint density at radius 2 is 2.37 bits per heavy atom. The predicted molar refractivity (Wildman–Crippen MR) is 73.5 cm³/mol. The van der Waals surface area contributed by atoms with Gasteiger partial charge in [-0.1, -0.05) is 6.07 Å². The van der Waals surface area contributed by atoms with Crippen LogP contribution in [0.25, 0.3) is 0 Å². The lowest BCUT2D eigenvalue weighted by molar-refractivity contribution is -0.117. The molecule has 1 amide bonds. The molecule has 0 radical (unpaired) electrons. The van der Waals surface area contributed by atoms with Crippen molar-refractivity contribution in [3.63, 3.8) is 0 Å². The summed E-state index contributed by atoms with van der Waals surface area (Å²) in [6.45, 7) is 1.96. The van der Waals surface area contributed by atoms with Crippen molar-refractivity contribution in [2.75, 3.05) is 32.2 Å². The molecule has 0 saturated carbocycles. The number of amides is 1. The number of nitrogens with one attached hydrogen (secondary N) is 2. The Kier molecular flexibility index (Phi) is 5.18. The first-order valence-electron chi connectivity index (χ1n) is 6.55. The Hall–Kier alpha value is -1.59. The summed E-state index contributed by atoms with van der Waals surface area (Å²) in [7, 11) is 1.63. The quantitative estimate of drug-likeness (QED) is 0.763. The van der Waals surface area contributed by atoms with Crippen LogP contribution in [0.1, 0.15) is 12.8 Å². The largest absolute Gasteiger partial charge is 0.491 e. The summed E-state index contributed by atoms with van der Waals surface area (Å²) >= 11 is 0.